The predicted molar refractivity (Wildman–Crippen MR) is 281 cm³/mol. The average molecular weight is 1090 g/mol. The van der Waals surface area contributed by atoms with Crippen molar-refractivity contribution in [2.45, 2.75) is 27.0 Å². The topological polar surface area (TPSA) is 280 Å². The molecule has 2 N–H and O–H groups in total. The number of hydrogen-bond donors (Lipinski definition) is 2. The highest BCUT2D eigenvalue weighted by Gasteiger charge is 2.18. The van der Waals surface area contributed by atoms with E-state index in [-0.39, 0.29) is 62.8 Å². The Labute approximate surface area is 452 Å². The van der Waals surface area contributed by atoms with Crippen LogP contribution in [-0.4, -0.2) is 196 Å². The minimum atomic E-state index is -0.708. The van der Waals surface area contributed by atoms with Gasteiger partial charge in [0.05, 0.1) is 139 Å². The molecule has 0 atom stereocenters. The second-order valence-electron chi connectivity index (χ2n) is 16.5. The van der Waals surface area contributed by atoms with Gasteiger partial charge in [-0.05, 0) is 61.4 Å². The number of anilines is 2. The van der Waals surface area contributed by atoms with Gasteiger partial charge in [0.1, 0.15) is 24.5 Å². The number of rotatable bonds is 41. The Hall–Kier alpha value is -6.62. The molecule has 0 aliphatic rings. The van der Waals surface area contributed by atoms with Crippen molar-refractivity contribution in [3.63, 3.8) is 0 Å². The summed E-state index contributed by atoms with van der Waals surface area (Å²) in [6.45, 7) is 12.6. The number of carbonyl (C=O) groups excluding carboxylic acids is 3. The van der Waals surface area contributed by atoms with Gasteiger partial charge in [0, 0.05) is 48.1 Å². The van der Waals surface area contributed by atoms with Crippen LogP contribution in [0.3, 0.4) is 0 Å². The Balaban J connectivity index is 0.825. The molecule has 0 radical (unpaired) electrons. The maximum Gasteiger partial charge on any atom is 0.415 e. The van der Waals surface area contributed by atoms with Crippen molar-refractivity contribution >= 4 is 40.4 Å². The van der Waals surface area contributed by atoms with E-state index in [1.165, 1.54) is 11.0 Å². The van der Waals surface area contributed by atoms with Crippen molar-refractivity contribution in [2.75, 3.05) is 163 Å². The van der Waals surface area contributed by atoms with Crippen LogP contribution < -0.4 is 21.0 Å². The van der Waals surface area contributed by atoms with E-state index in [2.05, 4.69) is 31.0 Å². The Morgan fingerprint density at radius 2 is 1.09 bits per heavy atom. The van der Waals surface area contributed by atoms with E-state index in [1.807, 2.05) is 0 Å². The largest absolute Gasteiger partial charge is 0.444 e. The molecule has 0 bridgehead atoms. The van der Waals surface area contributed by atoms with Crippen LogP contribution >= 0.6 is 0 Å². The van der Waals surface area contributed by atoms with Crippen LogP contribution in [0.2, 0.25) is 0 Å². The molecule has 5 aromatic rings. The van der Waals surface area contributed by atoms with E-state index in [1.54, 1.807) is 87.7 Å². The smallest absolute Gasteiger partial charge is 0.415 e. The standard InChI is InChI=1S/C53H71N7O18/c1-4-60(53(64)77-45-11-8-41(9-12-45)38-76-52(63)55-44-10-13-46-40(2)34-50(62)78-47(46)36-44)37-48-56-58-51(59-57-48)42-6-5-7-43(35-42)54-49(61)39-75-33-32-74-31-30-73-29-28-72-27-26-71-25-24-70-23-22-69-21-20-68-19-18-67-17-16-66-15-14-65-3/h5-13,34-36H,4,14-33,37-39H2,1-3H3,(H,54,61)(H,55,63). The van der Waals surface area contributed by atoms with Gasteiger partial charge in [0.25, 0.3) is 0 Å². The van der Waals surface area contributed by atoms with Gasteiger partial charge in [-0.25, -0.2) is 14.4 Å². The molecule has 426 valence electrons. The minimum absolute atomic E-state index is 0.0245. The molecule has 25 heteroatoms. The first kappa shape index (κ1) is 62.2. The Bertz CT molecular complexity index is 2540. The van der Waals surface area contributed by atoms with Crippen molar-refractivity contribution in [3.8, 4) is 17.1 Å². The van der Waals surface area contributed by atoms with Crippen LogP contribution in [0.1, 0.15) is 23.9 Å². The van der Waals surface area contributed by atoms with Gasteiger partial charge < -0.3 is 76.2 Å². The number of methoxy groups -OCH3 is 1. The van der Waals surface area contributed by atoms with Crippen LogP contribution in [0.15, 0.2) is 82.0 Å². The monoisotopic (exact) mass is 1090 g/mol. The zero-order valence-corrected chi connectivity index (χ0v) is 44.5. The first-order valence-corrected chi connectivity index (χ1v) is 25.5. The fraction of sp³-hybridized carbons (Fsp3) is 0.509. The van der Waals surface area contributed by atoms with Crippen molar-refractivity contribution in [1.29, 1.82) is 0 Å². The molecule has 3 aromatic carbocycles. The highest BCUT2D eigenvalue weighted by Crippen LogP contribution is 2.22. The molecule has 0 fully saturated rings. The molecule has 0 unspecified atom stereocenters. The maximum absolute atomic E-state index is 13.1. The fourth-order valence-electron chi connectivity index (χ4n) is 6.65. The van der Waals surface area contributed by atoms with E-state index >= 15 is 0 Å². The quantitative estimate of drug-likeness (QED) is 0.0390. The molecule has 5 rings (SSSR count). The lowest BCUT2D eigenvalue weighted by Gasteiger charge is -2.19. The Morgan fingerprint density at radius 1 is 0.577 bits per heavy atom. The summed E-state index contributed by atoms with van der Waals surface area (Å²) in [5.74, 6) is 0.294. The van der Waals surface area contributed by atoms with E-state index in [4.69, 9.17) is 66.0 Å². The maximum atomic E-state index is 13.1. The van der Waals surface area contributed by atoms with Crippen LogP contribution in [0, 0.1) is 6.92 Å². The third-order valence-electron chi connectivity index (χ3n) is 10.6. The van der Waals surface area contributed by atoms with E-state index < -0.39 is 17.8 Å². The second-order valence-corrected chi connectivity index (χ2v) is 16.5. The lowest BCUT2D eigenvalue weighted by Crippen LogP contribution is -2.33. The van der Waals surface area contributed by atoms with Gasteiger partial charge in [-0.15, -0.1) is 20.4 Å². The van der Waals surface area contributed by atoms with Gasteiger partial charge in [-0.3, -0.25) is 10.1 Å². The van der Waals surface area contributed by atoms with Gasteiger partial charge in [-0.1, -0.05) is 24.3 Å². The second kappa shape index (κ2) is 38.0. The summed E-state index contributed by atoms with van der Waals surface area (Å²) in [5.41, 5.74) is 2.72. The Morgan fingerprint density at radius 3 is 1.62 bits per heavy atom. The summed E-state index contributed by atoms with van der Waals surface area (Å²) in [6.07, 6.45) is -1.36. The summed E-state index contributed by atoms with van der Waals surface area (Å²) in [5, 5.41) is 22.8. The summed E-state index contributed by atoms with van der Waals surface area (Å²) >= 11 is 0. The molecule has 0 saturated heterocycles. The summed E-state index contributed by atoms with van der Waals surface area (Å²) < 4.78 is 75.7. The van der Waals surface area contributed by atoms with E-state index in [0.29, 0.717) is 147 Å². The molecule has 0 saturated carbocycles. The van der Waals surface area contributed by atoms with E-state index in [0.717, 1.165) is 10.9 Å². The fourth-order valence-corrected chi connectivity index (χ4v) is 6.65. The Kier molecular flexibility index (Phi) is 30.3. The highest BCUT2D eigenvalue weighted by atomic mass is 16.6. The first-order valence-electron chi connectivity index (χ1n) is 25.5. The number of aromatic nitrogens is 4. The van der Waals surface area contributed by atoms with Crippen molar-refractivity contribution in [1.82, 2.24) is 25.3 Å². The average Bonchev–Trinajstić information content (AvgIpc) is 3.46. The first-order chi connectivity index (χ1) is 38.2. The molecule has 3 amide bonds. The molecule has 25 nitrogen and oxygen atoms in total. The number of hydrogen-bond acceptors (Lipinski definition) is 22. The van der Waals surface area contributed by atoms with Gasteiger partial charge >= 0.3 is 17.8 Å². The van der Waals surface area contributed by atoms with Crippen LogP contribution in [-0.2, 0) is 74.8 Å². The molecule has 0 spiro atoms. The zero-order chi connectivity index (χ0) is 55.3. The summed E-state index contributed by atoms with van der Waals surface area (Å²) in [4.78, 5) is 51.2. The number of nitrogens with one attached hydrogen (secondary N) is 2. The van der Waals surface area contributed by atoms with Gasteiger partial charge in [0.15, 0.2) is 5.82 Å². The van der Waals surface area contributed by atoms with Crippen molar-refractivity contribution < 1.29 is 80.4 Å². The SMILES string of the molecule is CCN(Cc1nnc(-c2cccc(NC(=O)COCCOCCOCCOCCOCCOCCOCCOCCOCCOCCOC)c2)nn1)C(=O)Oc1ccc(COC(=O)Nc2ccc3c(C)cc(=O)oc3c2)cc1. The number of carbonyl (C=O) groups is 3. The third kappa shape index (κ3) is 25.7. The molecule has 0 aliphatic heterocycles. The minimum Gasteiger partial charge on any atom is -0.444 e. The lowest BCUT2D eigenvalue weighted by molar-refractivity contribution is -0.121. The number of nitrogens with zero attached hydrogens (tertiary/aromatic N) is 5. The molecule has 78 heavy (non-hydrogen) atoms. The summed E-state index contributed by atoms with van der Waals surface area (Å²) in [6, 6.07) is 19.7. The van der Waals surface area contributed by atoms with Crippen LogP contribution in [0.25, 0.3) is 22.4 Å². The lowest BCUT2D eigenvalue weighted by atomic mass is 10.1. The van der Waals surface area contributed by atoms with Crippen molar-refractivity contribution in [3.05, 3.63) is 100 Å². The third-order valence-corrected chi connectivity index (χ3v) is 10.6. The van der Waals surface area contributed by atoms with Crippen LogP contribution in [0.4, 0.5) is 21.0 Å². The van der Waals surface area contributed by atoms with Gasteiger partial charge in [-0.2, -0.15) is 0 Å². The highest BCUT2D eigenvalue weighted by molar-refractivity contribution is 5.92. The number of aryl methyl sites for hydroxylation is 1. The van der Waals surface area contributed by atoms with Crippen molar-refractivity contribution in [2.24, 2.45) is 0 Å². The molecule has 2 heterocycles. The predicted octanol–water partition coefficient (Wildman–Crippen LogP) is 4.87. The number of fused-ring (bicyclic) bond motifs is 1. The summed E-state index contributed by atoms with van der Waals surface area (Å²) in [7, 11) is 1.64. The zero-order valence-electron chi connectivity index (χ0n) is 44.5. The van der Waals surface area contributed by atoms with E-state index in [9.17, 15) is 19.2 Å². The number of ether oxygens (including phenoxy) is 13. The van der Waals surface area contributed by atoms with Crippen LogP contribution in [0.5, 0.6) is 5.75 Å². The molecule has 2 aromatic heterocycles. The number of benzene rings is 3. The molecule has 0 aliphatic carbocycles. The molecular weight excluding hydrogens is 1020 g/mol. The molecular formula is C53H71N7O18. The number of amides is 3. The normalized spacial score (nSPS) is 11.2. The van der Waals surface area contributed by atoms with Gasteiger partial charge in [0.2, 0.25) is 11.7 Å².